The number of aliphatic hydroxyl groups excluding tert-OH is 1. The van der Waals surface area contributed by atoms with Gasteiger partial charge in [0.05, 0.1) is 6.54 Å². The Kier molecular flexibility index (Phi) is 3.01. The number of aliphatic hydroxyl groups is 1. The third-order valence-corrected chi connectivity index (χ3v) is 2.55. The molecule has 0 bridgehead atoms. The van der Waals surface area contributed by atoms with E-state index in [1.807, 2.05) is 0 Å². The van der Waals surface area contributed by atoms with Crippen LogP contribution in [0.3, 0.4) is 0 Å². The number of rotatable bonds is 3. The number of alkyl halides is 2. The Bertz CT molecular complexity index is 146. The Morgan fingerprint density at radius 1 is 1.42 bits per heavy atom. The lowest BCUT2D eigenvalue weighted by atomic mass is 9.96. The van der Waals surface area contributed by atoms with Gasteiger partial charge in [-0.1, -0.05) is 12.8 Å². The van der Waals surface area contributed by atoms with Crippen molar-refractivity contribution < 1.29 is 13.9 Å². The molecule has 1 aliphatic rings. The first-order chi connectivity index (χ1) is 5.58. The van der Waals surface area contributed by atoms with Gasteiger partial charge in [-0.2, -0.15) is 0 Å². The normalized spacial score (nSPS) is 23.0. The van der Waals surface area contributed by atoms with Crippen LogP contribution in [-0.4, -0.2) is 23.7 Å². The SMILES string of the molecule is NCC(F)(F)C(O)C1CCCC1. The van der Waals surface area contributed by atoms with Crippen LogP contribution in [0.15, 0.2) is 0 Å². The van der Waals surface area contributed by atoms with E-state index < -0.39 is 18.6 Å². The first kappa shape index (κ1) is 9.86. The Balaban J connectivity index is 2.50. The van der Waals surface area contributed by atoms with Crippen LogP contribution in [0.1, 0.15) is 25.7 Å². The van der Waals surface area contributed by atoms with Crippen molar-refractivity contribution in [3.63, 3.8) is 0 Å². The van der Waals surface area contributed by atoms with Crippen LogP contribution in [0, 0.1) is 5.92 Å². The smallest absolute Gasteiger partial charge is 0.285 e. The third-order valence-electron chi connectivity index (χ3n) is 2.55. The molecule has 72 valence electrons. The van der Waals surface area contributed by atoms with E-state index in [2.05, 4.69) is 0 Å². The zero-order valence-corrected chi connectivity index (χ0v) is 6.97. The van der Waals surface area contributed by atoms with Crippen molar-refractivity contribution in [1.82, 2.24) is 0 Å². The van der Waals surface area contributed by atoms with E-state index in [9.17, 15) is 13.9 Å². The van der Waals surface area contributed by atoms with Crippen molar-refractivity contribution in [3.05, 3.63) is 0 Å². The lowest BCUT2D eigenvalue weighted by Crippen LogP contribution is -2.44. The van der Waals surface area contributed by atoms with E-state index in [0.717, 1.165) is 12.8 Å². The molecule has 0 aromatic carbocycles. The predicted molar refractivity (Wildman–Crippen MR) is 42.0 cm³/mol. The molecule has 1 fully saturated rings. The quantitative estimate of drug-likeness (QED) is 0.682. The lowest BCUT2D eigenvalue weighted by Gasteiger charge is -2.25. The second-order valence-corrected chi connectivity index (χ2v) is 3.45. The highest BCUT2D eigenvalue weighted by atomic mass is 19.3. The highest BCUT2D eigenvalue weighted by Crippen LogP contribution is 2.34. The molecule has 0 amide bonds. The summed E-state index contributed by atoms with van der Waals surface area (Å²) in [5.41, 5.74) is 4.86. The summed E-state index contributed by atoms with van der Waals surface area (Å²) in [4.78, 5) is 0. The van der Waals surface area contributed by atoms with Gasteiger partial charge in [0.2, 0.25) is 0 Å². The first-order valence-corrected chi connectivity index (χ1v) is 4.34. The maximum absolute atomic E-state index is 12.8. The first-order valence-electron chi connectivity index (χ1n) is 4.34. The molecule has 1 aliphatic carbocycles. The summed E-state index contributed by atoms with van der Waals surface area (Å²) in [7, 11) is 0. The number of hydrogen-bond donors (Lipinski definition) is 2. The van der Waals surface area contributed by atoms with Gasteiger partial charge < -0.3 is 10.8 Å². The fourth-order valence-electron chi connectivity index (χ4n) is 1.74. The summed E-state index contributed by atoms with van der Waals surface area (Å²) in [5.74, 6) is -3.35. The van der Waals surface area contributed by atoms with Crippen LogP contribution in [0.25, 0.3) is 0 Å². The number of nitrogens with two attached hydrogens (primary N) is 1. The molecule has 1 unspecified atom stereocenters. The van der Waals surface area contributed by atoms with Crippen LogP contribution in [0.4, 0.5) is 8.78 Å². The van der Waals surface area contributed by atoms with Gasteiger partial charge in [0, 0.05) is 0 Å². The lowest BCUT2D eigenvalue weighted by molar-refractivity contribution is -0.123. The maximum atomic E-state index is 12.8. The van der Waals surface area contributed by atoms with Crippen molar-refractivity contribution in [2.45, 2.75) is 37.7 Å². The standard InChI is InChI=1S/C8H15F2NO/c9-8(10,5-11)7(12)6-3-1-2-4-6/h6-7,12H,1-5,11H2. The monoisotopic (exact) mass is 179 g/mol. The largest absolute Gasteiger partial charge is 0.387 e. The molecule has 0 aromatic rings. The van der Waals surface area contributed by atoms with Gasteiger partial charge in [-0.25, -0.2) is 8.78 Å². The summed E-state index contributed by atoms with van der Waals surface area (Å²) in [6.45, 7) is -0.759. The van der Waals surface area contributed by atoms with Gasteiger partial charge in [0.1, 0.15) is 6.10 Å². The molecule has 0 spiro atoms. The van der Waals surface area contributed by atoms with Gasteiger partial charge in [0.25, 0.3) is 5.92 Å². The molecular weight excluding hydrogens is 164 g/mol. The summed E-state index contributed by atoms with van der Waals surface area (Å²) < 4.78 is 25.6. The van der Waals surface area contributed by atoms with Crippen LogP contribution in [-0.2, 0) is 0 Å². The second kappa shape index (κ2) is 3.66. The van der Waals surface area contributed by atoms with Crippen LogP contribution >= 0.6 is 0 Å². The minimum atomic E-state index is -3.10. The van der Waals surface area contributed by atoms with Crippen molar-refractivity contribution in [1.29, 1.82) is 0 Å². The third kappa shape index (κ3) is 1.93. The molecule has 0 heterocycles. The second-order valence-electron chi connectivity index (χ2n) is 3.45. The number of halogens is 2. The molecule has 0 saturated heterocycles. The van der Waals surface area contributed by atoms with Crippen LogP contribution < -0.4 is 5.73 Å². The molecule has 1 rings (SSSR count). The molecular formula is C8H15F2NO. The molecule has 1 atom stereocenters. The molecule has 4 heteroatoms. The Morgan fingerprint density at radius 2 is 1.92 bits per heavy atom. The minimum Gasteiger partial charge on any atom is -0.387 e. The van der Waals surface area contributed by atoms with Gasteiger partial charge in [-0.3, -0.25) is 0 Å². The van der Waals surface area contributed by atoms with Gasteiger partial charge in [-0.15, -0.1) is 0 Å². The van der Waals surface area contributed by atoms with Gasteiger partial charge in [0.15, 0.2) is 0 Å². The average molecular weight is 179 g/mol. The van der Waals surface area contributed by atoms with Crippen LogP contribution in [0.2, 0.25) is 0 Å². The van der Waals surface area contributed by atoms with E-state index in [1.165, 1.54) is 0 Å². The van der Waals surface area contributed by atoms with E-state index in [0.29, 0.717) is 12.8 Å². The summed E-state index contributed by atoms with van der Waals surface area (Å²) >= 11 is 0. The van der Waals surface area contributed by atoms with Crippen molar-refractivity contribution in [2.24, 2.45) is 11.7 Å². The summed E-state index contributed by atoms with van der Waals surface area (Å²) in [6.07, 6.45) is 1.77. The molecule has 1 saturated carbocycles. The average Bonchev–Trinajstić information content (AvgIpc) is 2.55. The maximum Gasteiger partial charge on any atom is 0.285 e. The molecule has 0 aliphatic heterocycles. The molecule has 2 nitrogen and oxygen atoms in total. The van der Waals surface area contributed by atoms with E-state index in [-0.39, 0.29) is 5.92 Å². The molecule has 12 heavy (non-hydrogen) atoms. The molecule has 3 N–H and O–H groups in total. The highest BCUT2D eigenvalue weighted by molar-refractivity contribution is 4.85. The molecule has 0 aromatic heterocycles. The minimum absolute atomic E-state index is 0.247. The Labute approximate surface area is 70.8 Å². The van der Waals surface area contributed by atoms with Crippen LogP contribution in [0.5, 0.6) is 0 Å². The van der Waals surface area contributed by atoms with Crippen molar-refractivity contribution in [2.75, 3.05) is 6.54 Å². The van der Waals surface area contributed by atoms with Crippen molar-refractivity contribution >= 4 is 0 Å². The van der Waals surface area contributed by atoms with E-state index >= 15 is 0 Å². The van der Waals surface area contributed by atoms with E-state index in [4.69, 9.17) is 5.73 Å². The van der Waals surface area contributed by atoms with Gasteiger partial charge in [-0.05, 0) is 18.8 Å². The Morgan fingerprint density at radius 3 is 2.33 bits per heavy atom. The Hall–Kier alpha value is -0.220. The highest BCUT2D eigenvalue weighted by Gasteiger charge is 2.42. The number of hydrogen-bond acceptors (Lipinski definition) is 2. The predicted octanol–water partition coefficient (Wildman–Crippen LogP) is 1.13. The fraction of sp³-hybridized carbons (Fsp3) is 1.00. The zero-order chi connectivity index (χ0) is 9.19. The molecule has 0 radical (unpaired) electrons. The van der Waals surface area contributed by atoms with Crippen molar-refractivity contribution in [3.8, 4) is 0 Å². The zero-order valence-electron chi connectivity index (χ0n) is 6.97. The van der Waals surface area contributed by atoms with Gasteiger partial charge >= 0.3 is 0 Å². The fourth-order valence-corrected chi connectivity index (χ4v) is 1.74. The summed E-state index contributed by atoms with van der Waals surface area (Å²) in [5, 5.41) is 9.25. The summed E-state index contributed by atoms with van der Waals surface area (Å²) in [6, 6.07) is 0. The van der Waals surface area contributed by atoms with E-state index in [1.54, 1.807) is 0 Å². The topological polar surface area (TPSA) is 46.2 Å².